The molecule has 2 fully saturated rings. The molecule has 1 unspecified atom stereocenters. The Hall–Kier alpha value is -1.43. The van der Waals surface area contributed by atoms with Crippen molar-refractivity contribution in [2.24, 2.45) is 5.41 Å². The van der Waals surface area contributed by atoms with E-state index >= 15 is 0 Å². The summed E-state index contributed by atoms with van der Waals surface area (Å²) in [4.78, 5) is 14.9. The highest BCUT2D eigenvalue weighted by molar-refractivity contribution is 5.83. The monoisotopic (exact) mass is 332 g/mol. The molecule has 1 aliphatic carbocycles. The molecule has 1 aromatic rings. The van der Waals surface area contributed by atoms with Gasteiger partial charge in [-0.15, -0.1) is 0 Å². The fourth-order valence-electron chi connectivity index (χ4n) is 3.62. The fraction of sp³-hybridized carbons (Fsp3) is 0.632. The molecule has 1 aliphatic heterocycles. The molecule has 0 spiro atoms. The number of benzene rings is 1. The van der Waals surface area contributed by atoms with Crippen molar-refractivity contribution in [3.05, 3.63) is 35.9 Å². The Balaban J connectivity index is 1.47. The van der Waals surface area contributed by atoms with Gasteiger partial charge in [-0.3, -0.25) is 9.69 Å². The molecule has 1 aromatic carbocycles. The summed E-state index contributed by atoms with van der Waals surface area (Å²) in [5, 5.41) is 13.2. The molecule has 2 N–H and O–H groups in total. The minimum absolute atomic E-state index is 0.0960. The molecule has 3 rings (SSSR count). The maximum Gasteiger partial charge on any atom is 0.226 e. The first-order valence-corrected chi connectivity index (χ1v) is 8.98. The Morgan fingerprint density at radius 3 is 2.58 bits per heavy atom. The van der Waals surface area contributed by atoms with Crippen LogP contribution >= 0.6 is 0 Å². The number of carbonyl (C=O) groups excluding carboxylic acids is 1. The summed E-state index contributed by atoms with van der Waals surface area (Å²) in [6.45, 7) is 4.06. The normalized spacial score (nSPS) is 21.7. The number of morpholine rings is 1. The van der Waals surface area contributed by atoms with Crippen molar-refractivity contribution in [2.45, 2.75) is 31.8 Å². The summed E-state index contributed by atoms with van der Waals surface area (Å²) in [5.74, 6) is 0.0960. The van der Waals surface area contributed by atoms with E-state index in [0.29, 0.717) is 13.1 Å². The SMILES string of the molecule is O=C(NCC(O)CN1CCOCC1)C1(Cc2ccccc2)CCC1. The van der Waals surface area contributed by atoms with Gasteiger partial charge in [-0.2, -0.15) is 0 Å². The second kappa shape index (κ2) is 8.10. The lowest BCUT2D eigenvalue weighted by molar-refractivity contribution is -0.136. The van der Waals surface area contributed by atoms with Gasteiger partial charge in [0.15, 0.2) is 0 Å². The number of nitrogens with zero attached hydrogens (tertiary/aromatic N) is 1. The number of rotatable bonds is 7. The average molecular weight is 332 g/mol. The van der Waals surface area contributed by atoms with E-state index in [1.54, 1.807) is 0 Å². The predicted molar refractivity (Wildman–Crippen MR) is 92.7 cm³/mol. The Morgan fingerprint density at radius 2 is 1.96 bits per heavy atom. The summed E-state index contributed by atoms with van der Waals surface area (Å²) >= 11 is 0. The van der Waals surface area contributed by atoms with E-state index in [9.17, 15) is 9.90 Å². The van der Waals surface area contributed by atoms with Gasteiger partial charge in [0.1, 0.15) is 0 Å². The minimum atomic E-state index is -0.527. The van der Waals surface area contributed by atoms with E-state index in [0.717, 1.165) is 52.0 Å². The Morgan fingerprint density at radius 1 is 1.25 bits per heavy atom. The van der Waals surface area contributed by atoms with Gasteiger partial charge in [-0.05, 0) is 24.8 Å². The van der Waals surface area contributed by atoms with Gasteiger partial charge in [0.05, 0.1) is 24.7 Å². The molecule has 2 aliphatic rings. The summed E-state index contributed by atoms with van der Waals surface area (Å²) in [7, 11) is 0. The highest BCUT2D eigenvalue weighted by atomic mass is 16.5. The van der Waals surface area contributed by atoms with Crippen LogP contribution in [0.1, 0.15) is 24.8 Å². The number of aliphatic hydroxyl groups excluding tert-OH is 1. The quantitative estimate of drug-likeness (QED) is 0.788. The second-order valence-corrected chi connectivity index (χ2v) is 7.07. The Bertz CT molecular complexity index is 525. The zero-order valence-corrected chi connectivity index (χ0v) is 14.2. The Kier molecular flexibility index (Phi) is 5.87. The maximum atomic E-state index is 12.7. The molecule has 132 valence electrons. The first-order chi connectivity index (χ1) is 11.7. The molecule has 5 heteroatoms. The van der Waals surface area contributed by atoms with Crippen molar-refractivity contribution < 1.29 is 14.6 Å². The molecule has 24 heavy (non-hydrogen) atoms. The second-order valence-electron chi connectivity index (χ2n) is 7.07. The third kappa shape index (κ3) is 4.35. The maximum absolute atomic E-state index is 12.7. The van der Waals surface area contributed by atoms with Gasteiger partial charge in [-0.1, -0.05) is 36.8 Å². The van der Waals surface area contributed by atoms with E-state index in [4.69, 9.17) is 4.74 Å². The molecular weight excluding hydrogens is 304 g/mol. The van der Waals surface area contributed by atoms with Crippen LogP contribution in [0.25, 0.3) is 0 Å². The van der Waals surface area contributed by atoms with E-state index in [1.807, 2.05) is 18.2 Å². The van der Waals surface area contributed by atoms with Gasteiger partial charge in [0, 0.05) is 26.2 Å². The number of carbonyl (C=O) groups is 1. The smallest absolute Gasteiger partial charge is 0.226 e. The van der Waals surface area contributed by atoms with E-state index in [2.05, 4.69) is 22.3 Å². The predicted octanol–water partition coefficient (Wildman–Crippen LogP) is 1.21. The van der Waals surface area contributed by atoms with E-state index < -0.39 is 6.10 Å². The molecule has 0 radical (unpaired) electrons. The standard InChI is InChI=1S/C19H28N2O3/c22-17(15-21-9-11-24-12-10-21)14-20-18(23)19(7-4-8-19)13-16-5-2-1-3-6-16/h1-3,5-6,17,22H,4,7-15H2,(H,20,23). The van der Waals surface area contributed by atoms with Crippen molar-refractivity contribution >= 4 is 5.91 Å². The van der Waals surface area contributed by atoms with Crippen LogP contribution in [0.3, 0.4) is 0 Å². The minimum Gasteiger partial charge on any atom is -0.390 e. The number of amides is 1. The van der Waals surface area contributed by atoms with Gasteiger partial charge in [0.25, 0.3) is 0 Å². The van der Waals surface area contributed by atoms with Crippen molar-refractivity contribution in [3.63, 3.8) is 0 Å². The summed E-state index contributed by atoms with van der Waals surface area (Å²) in [5.41, 5.74) is 0.932. The topological polar surface area (TPSA) is 61.8 Å². The lowest BCUT2D eigenvalue weighted by atomic mass is 9.64. The highest BCUT2D eigenvalue weighted by Crippen LogP contribution is 2.43. The summed E-state index contributed by atoms with van der Waals surface area (Å²) in [6, 6.07) is 10.2. The third-order valence-electron chi connectivity index (χ3n) is 5.25. The zero-order valence-electron chi connectivity index (χ0n) is 14.2. The molecule has 1 saturated heterocycles. The molecule has 5 nitrogen and oxygen atoms in total. The number of aliphatic hydroxyl groups is 1. The third-order valence-corrected chi connectivity index (χ3v) is 5.25. The van der Waals surface area contributed by atoms with Gasteiger partial charge >= 0.3 is 0 Å². The highest BCUT2D eigenvalue weighted by Gasteiger charge is 2.43. The molecule has 1 heterocycles. The van der Waals surface area contributed by atoms with Crippen LogP contribution in [0.15, 0.2) is 30.3 Å². The van der Waals surface area contributed by atoms with Gasteiger partial charge in [-0.25, -0.2) is 0 Å². The van der Waals surface area contributed by atoms with Crippen molar-refractivity contribution in [1.29, 1.82) is 0 Å². The number of nitrogens with one attached hydrogen (secondary N) is 1. The number of hydrogen-bond acceptors (Lipinski definition) is 4. The van der Waals surface area contributed by atoms with Crippen LogP contribution in [0.5, 0.6) is 0 Å². The first-order valence-electron chi connectivity index (χ1n) is 8.98. The largest absolute Gasteiger partial charge is 0.390 e. The molecule has 1 amide bonds. The van der Waals surface area contributed by atoms with Crippen LogP contribution in [-0.2, 0) is 16.0 Å². The van der Waals surface area contributed by atoms with Crippen LogP contribution in [0.4, 0.5) is 0 Å². The molecule has 1 saturated carbocycles. The number of ether oxygens (including phenoxy) is 1. The number of β-amino-alcohol motifs (C(OH)–C–C–N with tert-alkyl or cyclic N) is 1. The first kappa shape index (κ1) is 17.4. The summed E-state index contributed by atoms with van der Waals surface area (Å²) < 4.78 is 5.31. The van der Waals surface area contributed by atoms with Crippen LogP contribution in [-0.4, -0.2) is 61.4 Å². The summed E-state index contributed by atoms with van der Waals surface area (Å²) in [6.07, 6.45) is 3.25. The van der Waals surface area contributed by atoms with Crippen LogP contribution < -0.4 is 5.32 Å². The van der Waals surface area contributed by atoms with Crippen molar-refractivity contribution in [2.75, 3.05) is 39.4 Å². The van der Waals surface area contributed by atoms with Crippen LogP contribution in [0.2, 0.25) is 0 Å². The average Bonchev–Trinajstić information content (AvgIpc) is 2.58. The van der Waals surface area contributed by atoms with E-state index in [1.165, 1.54) is 5.56 Å². The van der Waals surface area contributed by atoms with Crippen molar-refractivity contribution in [1.82, 2.24) is 10.2 Å². The molecule has 1 atom stereocenters. The number of hydrogen-bond donors (Lipinski definition) is 2. The lowest BCUT2D eigenvalue weighted by Crippen LogP contribution is -2.50. The Labute approximate surface area is 144 Å². The van der Waals surface area contributed by atoms with Crippen molar-refractivity contribution in [3.8, 4) is 0 Å². The van der Waals surface area contributed by atoms with Crippen LogP contribution in [0, 0.1) is 5.41 Å². The molecular formula is C19H28N2O3. The molecule has 0 aromatic heterocycles. The van der Waals surface area contributed by atoms with Gasteiger partial charge in [0.2, 0.25) is 5.91 Å². The lowest BCUT2D eigenvalue weighted by Gasteiger charge is -2.40. The fourth-order valence-corrected chi connectivity index (χ4v) is 3.62. The molecule has 0 bridgehead atoms. The van der Waals surface area contributed by atoms with E-state index in [-0.39, 0.29) is 11.3 Å². The van der Waals surface area contributed by atoms with Gasteiger partial charge < -0.3 is 15.2 Å². The zero-order chi connectivity index (χ0) is 16.8.